The molecule has 3 saturated heterocycles. The average molecular weight is 947 g/mol. The molecule has 5 aliphatic heterocycles. The number of nitrogens with zero attached hydrogens (tertiary/aromatic N) is 5. The zero-order valence-corrected chi connectivity index (χ0v) is 41.5. The first kappa shape index (κ1) is 48.4. The summed E-state index contributed by atoms with van der Waals surface area (Å²) in [6.45, 7) is 15.3. The van der Waals surface area contributed by atoms with E-state index in [1.807, 2.05) is 38.0 Å². The number of phenolic OH excluding ortho intramolecular Hbond substituents is 1. The van der Waals surface area contributed by atoms with Crippen LogP contribution in [-0.2, 0) is 52.8 Å². The zero-order chi connectivity index (χ0) is 49.1. The number of ether oxygens (including phenoxy) is 2. The number of likely N-dealkylation sites (N-methyl/N-ethyl adjacent to an activating group) is 1. The van der Waals surface area contributed by atoms with Crippen LogP contribution < -0.4 is 16.1 Å². The van der Waals surface area contributed by atoms with Crippen LogP contribution in [0, 0.1) is 22.7 Å². The molecule has 0 unspecified atom stereocenters. The number of fused-ring (bicyclic) bond motifs is 6. The Morgan fingerprint density at radius 2 is 1.83 bits per heavy atom. The second-order valence-corrected chi connectivity index (χ2v) is 21.7. The van der Waals surface area contributed by atoms with Gasteiger partial charge in [0.1, 0.15) is 23.9 Å². The van der Waals surface area contributed by atoms with Crippen LogP contribution in [0.1, 0.15) is 96.9 Å². The van der Waals surface area contributed by atoms with Gasteiger partial charge in [0.2, 0.25) is 17.7 Å². The van der Waals surface area contributed by atoms with Crippen LogP contribution in [0.4, 0.5) is 0 Å². The van der Waals surface area contributed by atoms with Gasteiger partial charge in [0, 0.05) is 92.7 Å². The number of aromatic hydroxyl groups is 1. The van der Waals surface area contributed by atoms with Gasteiger partial charge < -0.3 is 39.6 Å². The fraction of sp³-hybridized carbons (Fsp3) is 0.585. The molecule has 1 aromatic heterocycles. The lowest BCUT2D eigenvalue weighted by molar-refractivity contribution is -0.166. The number of likely N-dealkylation sites (tertiary alicyclic amines) is 1. The molecule has 0 radical (unpaired) electrons. The summed E-state index contributed by atoms with van der Waals surface area (Å²) >= 11 is 0. The van der Waals surface area contributed by atoms with E-state index in [1.54, 1.807) is 26.3 Å². The van der Waals surface area contributed by atoms with Crippen LogP contribution in [0.5, 0.6) is 5.75 Å². The standard InChI is InChI=1S/C53H70N8O8/c1-9-60-43-15-14-33-22-38(43)39(46(60)37-12-10-16-54-44(37)31(4)68-8)25-52(5,6)29-69-51(67)40-13-11-17-61(57-40)50(66)41(20-32-18-34(33)21-36(62)19-32)56-47(63)45(30(2)3)58(7)48(64)35-23-53(24-35)27-59(28-53)49(65)42-26-55-42/h14-16,18-19,21-22,30-31,35,40-42,45,55,57,62H,9-13,17,20,23-29H2,1-8H3,(H,56,63)/t31-,40-,41-,42-,45-/m0/s1. The van der Waals surface area contributed by atoms with Crippen LogP contribution in [0.15, 0.2) is 47.1 Å². The number of methoxy groups -OCH3 is 1. The molecule has 1 spiro atoms. The number of hydrogen-bond donors (Lipinski definition) is 4. The minimum absolute atomic E-state index is 0.0110. The summed E-state index contributed by atoms with van der Waals surface area (Å²) in [4.78, 5) is 78.3. The van der Waals surface area contributed by atoms with Gasteiger partial charge in [0.25, 0.3) is 5.91 Å². The summed E-state index contributed by atoms with van der Waals surface area (Å²) in [5.74, 6) is -1.93. The molecule has 1 saturated carbocycles. The number of aryl methyl sites for hydroxylation is 1. The smallest absolute Gasteiger partial charge is 0.324 e. The van der Waals surface area contributed by atoms with Gasteiger partial charge in [-0.2, -0.15) is 0 Å². The SMILES string of the molecule is CCn1c(C2=C([C@H](C)OC)N=CCC2)c2c3cc(ccc31)-c1cc(O)cc(c1)C[C@H](NC(=O)[C@H](C(C)C)N(C)C(=O)C1CC3(C1)CN(C(=O)[C@@H]1CN1)C3)C(=O)N1CCC[C@H](N1)C(=O)OCC(C)(C)C2. The summed E-state index contributed by atoms with van der Waals surface area (Å²) in [6.07, 6.45) is 6.23. The molecule has 6 bridgehead atoms. The predicted octanol–water partition coefficient (Wildman–Crippen LogP) is 4.99. The summed E-state index contributed by atoms with van der Waals surface area (Å²) < 4.78 is 14.3. The van der Waals surface area contributed by atoms with E-state index in [-0.39, 0.29) is 60.0 Å². The molecule has 4 amide bonds. The molecule has 4 N–H and O–H groups in total. The minimum Gasteiger partial charge on any atom is -0.508 e. The summed E-state index contributed by atoms with van der Waals surface area (Å²) in [7, 11) is 3.36. The molecule has 2 aromatic carbocycles. The molecular weight excluding hydrogens is 877 g/mol. The van der Waals surface area contributed by atoms with E-state index >= 15 is 0 Å². The Morgan fingerprint density at radius 1 is 1.07 bits per heavy atom. The number of phenols is 1. The number of nitrogens with one attached hydrogen (secondary N) is 3. The van der Waals surface area contributed by atoms with Crippen molar-refractivity contribution in [2.75, 3.05) is 46.9 Å². The van der Waals surface area contributed by atoms with E-state index in [9.17, 15) is 29.1 Å². The topological polar surface area (TPSA) is 197 Å². The monoisotopic (exact) mass is 947 g/mol. The number of carbonyl (C=O) groups excluding carboxylic acids is 5. The summed E-state index contributed by atoms with van der Waals surface area (Å²) in [5, 5.41) is 20.0. The molecule has 1 aliphatic carbocycles. The Hall–Kier alpha value is -5.58. The van der Waals surface area contributed by atoms with Crippen LogP contribution in [0.3, 0.4) is 0 Å². The second-order valence-electron chi connectivity index (χ2n) is 21.7. The normalized spacial score (nSPS) is 24.3. The first-order chi connectivity index (χ1) is 32.9. The van der Waals surface area contributed by atoms with E-state index in [4.69, 9.17) is 14.5 Å². The minimum atomic E-state index is -1.13. The number of rotatable bonds is 10. The lowest BCUT2D eigenvalue weighted by atomic mass is 9.57. The second kappa shape index (κ2) is 19.0. The van der Waals surface area contributed by atoms with Gasteiger partial charge in [0.05, 0.1) is 30.1 Å². The fourth-order valence-electron chi connectivity index (χ4n) is 11.7. The Kier molecular flexibility index (Phi) is 13.3. The number of hydrazine groups is 1. The molecule has 6 heterocycles. The van der Waals surface area contributed by atoms with Gasteiger partial charge in [-0.25, -0.2) is 5.43 Å². The Balaban J connectivity index is 1.05. The predicted molar refractivity (Wildman–Crippen MR) is 263 cm³/mol. The first-order valence-electron chi connectivity index (χ1n) is 25.0. The molecule has 9 rings (SSSR count). The van der Waals surface area contributed by atoms with Gasteiger partial charge in [-0.3, -0.25) is 34.0 Å². The Labute approximate surface area is 405 Å². The number of carbonyl (C=O) groups is 5. The third kappa shape index (κ3) is 9.56. The maximum atomic E-state index is 14.8. The van der Waals surface area contributed by atoms with Crippen molar-refractivity contribution in [1.29, 1.82) is 0 Å². The van der Waals surface area contributed by atoms with Crippen molar-refractivity contribution >= 4 is 52.3 Å². The molecule has 4 fully saturated rings. The maximum absolute atomic E-state index is 14.8. The van der Waals surface area contributed by atoms with E-state index in [0.717, 1.165) is 63.9 Å². The van der Waals surface area contributed by atoms with Crippen LogP contribution >= 0.6 is 0 Å². The van der Waals surface area contributed by atoms with Crippen molar-refractivity contribution in [1.82, 2.24) is 35.4 Å². The molecule has 16 nitrogen and oxygen atoms in total. The molecule has 370 valence electrons. The molecule has 69 heavy (non-hydrogen) atoms. The molecule has 6 aliphatic rings. The largest absolute Gasteiger partial charge is 0.508 e. The third-order valence-corrected chi connectivity index (χ3v) is 15.4. The average Bonchev–Trinajstić information content (AvgIpc) is 4.11. The van der Waals surface area contributed by atoms with Crippen molar-refractivity contribution < 1.29 is 38.6 Å². The van der Waals surface area contributed by atoms with Crippen LogP contribution in [0.2, 0.25) is 0 Å². The lowest BCUT2D eigenvalue weighted by Gasteiger charge is -2.59. The number of esters is 1. The number of amides is 4. The Bertz CT molecular complexity index is 2600. The van der Waals surface area contributed by atoms with Gasteiger partial charge in [-0.15, -0.1) is 0 Å². The number of allylic oxidation sites excluding steroid dienone is 1. The van der Waals surface area contributed by atoms with Gasteiger partial charge in [-0.05, 0) is 111 Å². The van der Waals surface area contributed by atoms with Gasteiger partial charge in [-0.1, -0.05) is 39.8 Å². The number of benzene rings is 2. The lowest BCUT2D eigenvalue weighted by Crippen LogP contribution is -2.67. The number of hydrogen-bond acceptors (Lipinski definition) is 11. The van der Waals surface area contributed by atoms with Crippen molar-refractivity contribution in [3.63, 3.8) is 0 Å². The van der Waals surface area contributed by atoms with Crippen LogP contribution in [-0.4, -0.2) is 138 Å². The highest BCUT2D eigenvalue weighted by atomic mass is 16.5. The van der Waals surface area contributed by atoms with E-state index in [2.05, 4.69) is 59.6 Å². The number of aliphatic imine (C=N–C) groups is 1. The summed E-state index contributed by atoms with van der Waals surface area (Å²) in [5.41, 5.74) is 10.1. The van der Waals surface area contributed by atoms with Crippen molar-refractivity contribution in [3.8, 4) is 16.9 Å². The van der Waals surface area contributed by atoms with E-state index < -0.39 is 41.3 Å². The van der Waals surface area contributed by atoms with Crippen molar-refractivity contribution in [2.45, 2.75) is 130 Å². The first-order valence-corrected chi connectivity index (χ1v) is 25.0. The quantitative estimate of drug-likeness (QED) is 0.159. The molecular formula is C53H70N8O8. The number of cyclic esters (lactones) is 1. The molecule has 5 atom stereocenters. The highest BCUT2D eigenvalue weighted by molar-refractivity contribution is 5.96. The van der Waals surface area contributed by atoms with E-state index in [0.29, 0.717) is 63.8 Å². The van der Waals surface area contributed by atoms with Crippen molar-refractivity contribution in [3.05, 3.63) is 58.9 Å². The maximum Gasteiger partial charge on any atom is 0.324 e. The highest BCUT2D eigenvalue weighted by Gasteiger charge is 2.57. The van der Waals surface area contributed by atoms with Gasteiger partial charge in [0.15, 0.2) is 0 Å². The Morgan fingerprint density at radius 3 is 2.52 bits per heavy atom. The molecule has 3 aromatic rings. The van der Waals surface area contributed by atoms with E-state index in [1.165, 1.54) is 9.91 Å². The van der Waals surface area contributed by atoms with Crippen molar-refractivity contribution in [2.24, 2.45) is 27.7 Å². The van der Waals surface area contributed by atoms with Gasteiger partial charge >= 0.3 is 5.97 Å². The third-order valence-electron chi connectivity index (χ3n) is 15.4. The highest BCUT2D eigenvalue weighted by Crippen LogP contribution is 2.53. The van der Waals surface area contributed by atoms with Crippen LogP contribution in [0.25, 0.3) is 27.6 Å². The number of aromatic nitrogens is 1. The zero-order valence-electron chi connectivity index (χ0n) is 41.5. The molecule has 16 heteroatoms. The fourth-order valence-corrected chi connectivity index (χ4v) is 11.7. The summed E-state index contributed by atoms with van der Waals surface area (Å²) in [6, 6.07) is 8.73.